The monoisotopic (exact) mass is 387 g/mol. The Kier molecular flexibility index (Phi) is 5.17. The van der Waals surface area contributed by atoms with E-state index in [9.17, 15) is 4.79 Å². The molecule has 2 bridgehead atoms. The van der Waals surface area contributed by atoms with Gasteiger partial charge < -0.3 is 19.5 Å². The van der Waals surface area contributed by atoms with Crippen LogP contribution in [0.2, 0.25) is 0 Å². The molecule has 4 rings (SSSR count). The molecule has 1 saturated heterocycles. The number of carbonyl (C=O) groups is 1. The first-order valence-corrected chi connectivity index (χ1v) is 10.5. The molecule has 1 amide bonds. The first-order chi connectivity index (χ1) is 13.4. The van der Waals surface area contributed by atoms with Crippen LogP contribution in [0.4, 0.5) is 0 Å². The van der Waals surface area contributed by atoms with E-state index >= 15 is 0 Å². The summed E-state index contributed by atoms with van der Waals surface area (Å²) in [5.74, 6) is 2.03. The second-order valence-electron chi connectivity index (χ2n) is 9.36. The van der Waals surface area contributed by atoms with Crippen molar-refractivity contribution in [1.82, 2.24) is 5.32 Å². The molecular formula is C23H33NO4. The van der Waals surface area contributed by atoms with Crippen molar-refractivity contribution in [3.63, 3.8) is 0 Å². The third-order valence-electron chi connectivity index (χ3n) is 7.79. The normalized spacial score (nSPS) is 35.4. The maximum atomic E-state index is 12.6. The zero-order chi connectivity index (χ0) is 19.9. The van der Waals surface area contributed by atoms with Gasteiger partial charge in [-0.25, -0.2) is 0 Å². The van der Waals surface area contributed by atoms with E-state index in [0.717, 1.165) is 18.8 Å². The van der Waals surface area contributed by atoms with E-state index in [2.05, 4.69) is 31.3 Å². The van der Waals surface area contributed by atoms with Gasteiger partial charge in [0, 0.05) is 26.2 Å². The fourth-order valence-corrected chi connectivity index (χ4v) is 6.34. The highest BCUT2D eigenvalue weighted by atomic mass is 16.5. The lowest BCUT2D eigenvalue weighted by molar-refractivity contribution is -0.137. The Morgan fingerprint density at radius 3 is 2.68 bits per heavy atom. The third kappa shape index (κ3) is 3.03. The van der Waals surface area contributed by atoms with Gasteiger partial charge in [-0.3, -0.25) is 4.79 Å². The second-order valence-corrected chi connectivity index (χ2v) is 9.36. The van der Waals surface area contributed by atoms with Crippen LogP contribution in [-0.2, 0) is 14.3 Å². The molecule has 2 aliphatic carbocycles. The molecule has 2 saturated carbocycles. The molecule has 1 N–H and O–H groups in total. The van der Waals surface area contributed by atoms with Crippen LogP contribution in [0.15, 0.2) is 24.3 Å². The first kappa shape index (κ1) is 19.7. The van der Waals surface area contributed by atoms with Gasteiger partial charge in [-0.15, -0.1) is 0 Å². The molecule has 1 unspecified atom stereocenters. The molecule has 3 fully saturated rings. The molecule has 3 aliphatic rings. The number of ether oxygens (including phenoxy) is 3. The second kappa shape index (κ2) is 7.34. The lowest BCUT2D eigenvalue weighted by Gasteiger charge is -2.53. The summed E-state index contributed by atoms with van der Waals surface area (Å²) in [6, 6.07) is 8.48. The summed E-state index contributed by atoms with van der Waals surface area (Å²) in [6.45, 7) is 5.89. The van der Waals surface area contributed by atoms with Crippen LogP contribution in [-0.4, -0.2) is 39.4 Å². The number of carbonyl (C=O) groups excluding carboxylic acids is 1. The van der Waals surface area contributed by atoms with Gasteiger partial charge in [-0.2, -0.15) is 0 Å². The van der Waals surface area contributed by atoms with Gasteiger partial charge in [0.2, 0.25) is 5.91 Å². The topological polar surface area (TPSA) is 56.8 Å². The number of amides is 1. The first-order valence-electron chi connectivity index (χ1n) is 10.5. The van der Waals surface area contributed by atoms with Gasteiger partial charge in [0.05, 0.1) is 19.8 Å². The molecule has 28 heavy (non-hydrogen) atoms. The van der Waals surface area contributed by atoms with E-state index < -0.39 is 0 Å². The van der Waals surface area contributed by atoms with Gasteiger partial charge in [0.1, 0.15) is 5.75 Å². The Hall–Kier alpha value is -1.59. The predicted octanol–water partition coefficient (Wildman–Crippen LogP) is 3.73. The van der Waals surface area contributed by atoms with Crippen molar-refractivity contribution < 1.29 is 19.0 Å². The Bertz CT molecular complexity index is 716. The molecule has 0 aromatic heterocycles. The van der Waals surface area contributed by atoms with Gasteiger partial charge in [-0.05, 0) is 59.6 Å². The fraction of sp³-hybridized carbons (Fsp3) is 0.696. The number of benzene rings is 1. The maximum absolute atomic E-state index is 12.6. The van der Waals surface area contributed by atoms with E-state index in [4.69, 9.17) is 14.2 Å². The summed E-state index contributed by atoms with van der Waals surface area (Å²) in [5, 5.41) is 3.42. The summed E-state index contributed by atoms with van der Waals surface area (Å²) < 4.78 is 16.7. The van der Waals surface area contributed by atoms with Crippen LogP contribution in [0.5, 0.6) is 5.75 Å². The molecule has 1 aromatic rings. The molecular weight excluding hydrogens is 354 g/mol. The highest BCUT2D eigenvalue weighted by Crippen LogP contribution is 2.70. The zero-order valence-corrected chi connectivity index (χ0v) is 17.5. The van der Waals surface area contributed by atoms with E-state index in [0.29, 0.717) is 24.9 Å². The van der Waals surface area contributed by atoms with Crippen LogP contribution in [0.3, 0.4) is 0 Å². The van der Waals surface area contributed by atoms with Gasteiger partial charge in [0.15, 0.2) is 0 Å². The van der Waals surface area contributed by atoms with Crippen molar-refractivity contribution in [2.75, 3.05) is 27.4 Å². The number of hydrogen-bond acceptors (Lipinski definition) is 4. The lowest BCUT2D eigenvalue weighted by Crippen LogP contribution is -2.59. The summed E-state index contributed by atoms with van der Waals surface area (Å²) in [5.41, 5.74) is 1.46. The van der Waals surface area contributed by atoms with E-state index in [-0.39, 0.29) is 28.9 Å². The predicted molar refractivity (Wildman–Crippen MR) is 107 cm³/mol. The summed E-state index contributed by atoms with van der Waals surface area (Å²) in [4.78, 5) is 12.6. The number of fused-ring (bicyclic) bond motifs is 1. The Morgan fingerprint density at radius 1 is 1.25 bits per heavy atom. The lowest BCUT2D eigenvalue weighted by atomic mass is 9.59. The van der Waals surface area contributed by atoms with Crippen molar-refractivity contribution in [3.8, 4) is 5.75 Å². The van der Waals surface area contributed by atoms with E-state index in [1.165, 1.54) is 18.4 Å². The Morgan fingerprint density at radius 2 is 2.00 bits per heavy atom. The Balaban J connectivity index is 1.60. The molecule has 1 aromatic carbocycles. The average Bonchev–Trinajstić information content (AvgIpc) is 3.19. The quantitative estimate of drug-likeness (QED) is 0.808. The average molecular weight is 388 g/mol. The third-order valence-corrected chi connectivity index (χ3v) is 7.79. The highest BCUT2D eigenvalue weighted by Gasteiger charge is 2.68. The van der Waals surface area contributed by atoms with Crippen LogP contribution in [0, 0.1) is 22.7 Å². The van der Waals surface area contributed by atoms with Crippen LogP contribution in [0.1, 0.15) is 51.2 Å². The number of rotatable bonds is 6. The largest absolute Gasteiger partial charge is 0.497 e. The van der Waals surface area contributed by atoms with E-state index in [1.54, 1.807) is 14.2 Å². The molecule has 1 heterocycles. The minimum atomic E-state index is 0.0964. The molecule has 5 heteroatoms. The smallest absolute Gasteiger partial charge is 0.222 e. The van der Waals surface area contributed by atoms with E-state index in [1.807, 2.05) is 12.1 Å². The van der Waals surface area contributed by atoms with Crippen molar-refractivity contribution in [2.45, 2.75) is 51.7 Å². The van der Waals surface area contributed by atoms with Crippen molar-refractivity contribution in [1.29, 1.82) is 0 Å². The van der Waals surface area contributed by atoms with Crippen molar-refractivity contribution >= 4 is 5.91 Å². The molecule has 5 atom stereocenters. The van der Waals surface area contributed by atoms with Gasteiger partial charge in [-0.1, -0.05) is 26.0 Å². The van der Waals surface area contributed by atoms with Crippen LogP contribution >= 0.6 is 0 Å². The molecule has 5 nitrogen and oxygen atoms in total. The number of nitrogens with one attached hydrogen (secondary N) is 1. The summed E-state index contributed by atoms with van der Waals surface area (Å²) in [7, 11) is 3.33. The minimum Gasteiger partial charge on any atom is -0.497 e. The zero-order valence-electron chi connectivity index (χ0n) is 17.5. The number of hydrogen-bond donors (Lipinski definition) is 1. The summed E-state index contributed by atoms with van der Waals surface area (Å²) in [6.07, 6.45) is 3.91. The SMILES string of the molecule is COCCC(=O)N[C@@H]1C(C)(C)[C@@H]2C[C@@H]3[C@@H](c4ccc(OC)cc4)OCCC31C2. The molecule has 154 valence electrons. The summed E-state index contributed by atoms with van der Waals surface area (Å²) >= 11 is 0. The van der Waals surface area contributed by atoms with Crippen molar-refractivity contribution in [2.24, 2.45) is 22.7 Å². The minimum absolute atomic E-state index is 0.0964. The maximum Gasteiger partial charge on any atom is 0.222 e. The van der Waals surface area contributed by atoms with Crippen LogP contribution < -0.4 is 10.1 Å². The molecule has 1 aliphatic heterocycles. The standard InChI is InChI=1S/C23H33NO4/c1-22(2)16-13-18-20(15-5-7-17(27-4)8-6-15)28-12-10-23(18,14-16)21(22)24-19(25)9-11-26-3/h5-8,16,18,20-21H,9-14H2,1-4H3,(H,24,25)/t16-,18-,20-,21-,23?/m1/s1. The molecule has 1 spiro atoms. The van der Waals surface area contributed by atoms with Gasteiger partial charge in [0.25, 0.3) is 0 Å². The Labute approximate surface area is 168 Å². The van der Waals surface area contributed by atoms with Gasteiger partial charge >= 0.3 is 0 Å². The number of methoxy groups -OCH3 is 2. The molecule has 0 radical (unpaired) electrons. The highest BCUT2D eigenvalue weighted by molar-refractivity contribution is 5.76. The fourth-order valence-electron chi connectivity index (χ4n) is 6.34. The van der Waals surface area contributed by atoms with Crippen molar-refractivity contribution in [3.05, 3.63) is 29.8 Å². The van der Waals surface area contributed by atoms with Crippen LogP contribution in [0.25, 0.3) is 0 Å².